The van der Waals surface area contributed by atoms with Gasteiger partial charge in [0, 0.05) is 30.2 Å². The zero-order chi connectivity index (χ0) is 15.1. The smallest absolute Gasteiger partial charge is 0.127 e. The summed E-state index contributed by atoms with van der Waals surface area (Å²) in [4.78, 5) is 2.29. The molecule has 0 aliphatic heterocycles. The van der Waals surface area contributed by atoms with Crippen LogP contribution in [0.25, 0.3) is 0 Å². The van der Waals surface area contributed by atoms with E-state index in [-0.39, 0.29) is 11.9 Å². The number of hydrogen-bond donors (Lipinski definition) is 1. The number of halogens is 1. The molecular formula is C17H29FN2. The molecule has 2 unspecified atom stereocenters. The quantitative estimate of drug-likeness (QED) is 0.774. The summed E-state index contributed by atoms with van der Waals surface area (Å²) in [5, 5.41) is 3.50. The molecule has 0 aliphatic rings. The monoisotopic (exact) mass is 280 g/mol. The maximum Gasteiger partial charge on any atom is 0.127 e. The zero-order valence-electron chi connectivity index (χ0n) is 13.5. The number of hydrogen-bond acceptors (Lipinski definition) is 2. The van der Waals surface area contributed by atoms with Crippen LogP contribution in [0.15, 0.2) is 24.3 Å². The molecule has 1 aromatic carbocycles. The molecule has 0 saturated heterocycles. The molecule has 0 aromatic heterocycles. The normalized spacial score (nSPS) is 14.8. The molecule has 0 heterocycles. The average molecular weight is 280 g/mol. The summed E-state index contributed by atoms with van der Waals surface area (Å²) in [7, 11) is 2.10. The third-order valence-corrected chi connectivity index (χ3v) is 3.93. The van der Waals surface area contributed by atoms with Crippen LogP contribution in [-0.4, -0.2) is 30.6 Å². The molecule has 2 atom stereocenters. The van der Waals surface area contributed by atoms with Gasteiger partial charge in [0.25, 0.3) is 0 Å². The molecule has 20 heavy (non-hydrogen) atoms. The van der Waals surface area contributed by atoms with Gasteiger partial charge in [-0.25, -0.2) is 4.39 Å². The van der Waals surface area contributed by atoms with Crippen LogP contribution in [0.1, 0.15) is 52.1 Å². The molecule has 1 aromatic rings. The van der Waals surface area contributed by atoms with Gasteiger partial charge >= 0.3 is 0 Å². The first kappa shape index (κ1) is 17.1. The van der Waals surface area contributed by atoms with Crippen molar-refractivity contribution in [3.63, 3.8) is 0 Å². The second kappa shape index (κ2) is 8.38. The molecule has 2 nitrogen and oxygen atoms in total. The van der Waals surface area contributed by atoms with E-state index in [9.17, 15) is 4.39 Å². The first-order valence-corrected chi connectivity index (χ1v) is 7.67. The lowest BCUT2D eigenvalue weighted by Crippen LogP contribution is -2.43. The van der Waals surface area contributed by atoms with Gasteiger partial charge in [-0.15, -0.1) is 0 Å². The van der Waals surface area contributed by atoms with Crippen molar-refractivity contribution >= 4 is 0 Å². The first-order chi connectivity index (χ1) is 9.47. The van der Waals surface area contributed by atoms with E-state index in [2.05, 4.69) is 45.0 Å². The summed E-state index contributed by atoms with van der Waals surface area (Å²) in [5.41, 5.74) is 0.778. The molecule has 0 fully saturated rings. The highest BCUT2D eigenvalue weighted by Gasteiger charge is 2.22. The van der Waals surface area contributed by atoms with Crippen LogP contribution in [0, 0.1) is 5.82 Å². The number of rotatable bonds is 8. The summed E-state index contributed by atoms with van der Waals surface area (Å²) in [6.45, 7) is 9.54. The summed E-state index contributed by atoms with van der Waals surface area (Å²) in [6.07, 6.45) is 2.26. The Morgan fingerprint density at radius 2 is 1.85 bits per heavy atom. The molecule has 1 N–H and O–H groups in total. The molecule has 0 aliphatic carbocycles. The van der Waals surface area contributed by atoms with Crippen LogP contribution in [0.2, 0.25) is 0 Å². The standard InChI is InChI=1S/C17H29FN2/c1-6-9-15(12-19-13(2)3)20(5)14(4)16-10-7-8-11-17(16)18/h7-8,10-11,13-15,19H,6,9,12H2,1-5H3. The third kappa shape index (κ3) is 4.88. The summed E-state index contributed by atoms with van der Waals surface area (Å²) >= 11 is 0. The molecule has 3 heteroatoms. The van der Waals surface area contributed by atoms with Crippen LogP contribution >= 0.6 is 0 Å². The molecule has 0 radical (unpaired) electrons. The van der Waals surface area contributed by atoms with E-state index in [4.69, 9.17) is 0 Å². The second-order valence-electron chi connectivity index (χ2n) is 5.87. The van der Waals surface area contributed by atoms with Gasteiger partial charge in [0.2, 0.25) is 0 Å². The summed E-state index contributed by atoms with van der Waals surface area (Å²) in [6, 6.07) is 8.07. The van der Waals surface area contributed by atoms with E-state index in [1.54, 1.807) is 12.1 Å². The number of benzene rings is 1. The SMILES string of the molecule is CCCC(CNC(C)C)N(C)C(C)c1ccccc1F. The Bertz CT molecular complexity index is 392. The lowest BCUT2D eigenvalue weighted by atomic mass is 10.0. The highest BCUT2D eigenvalue weighted by atomic mass is 19.1. The van der Waals surface area contributed by atoms with Crippen LogP contribution in [-0.2, 0) is 0 Å². The minimum absolute atomic E-state index is 0.0849. The van der Waals surface area contributed by atoms with Crippen LogP contribution < -0.4 is 5.32 Å². The molecule has 0 spiro atoms. The third-order valence-electron chi connectivity index (χ3n) is 3.93. The van der Waals surface area contributed by atoms with E-state index in [0.29, 0.717) is 12.1 Å². The van der Waals surface area contributed by atoms with Crippen LogP contribution in [0.4, 0.5) is 4.39 Å². The Labute approximate surface area is 123 Å². The first-order valence-electron chi connectivity index (χ1n) is 7.67. The second-order valence-corrected chi connectivity index (χ2v) is 5.87. The van der Waals surface area contributed by atoms with Gasteiger partial charge in [-0.05, 0) is 26.5 Å². The largest absolute Gasteiger partial charge is 0.313 e. The Balaban J connectivity index is 2.77. The van der Waals surface area contributed by atoms with Gasteiger partial charge in [0.1, 0.15) is 5.82 Å². The number of nitrogens with one attached hydrogen (secondary N) is 1. The summed E-state index contributed by atoms with van der Waals surface area (Å²) in [5.74, 6) is -0.112. The Hall–Kier alpha value is -0.930. The fourth-order valence-electron chi connectivity index (χ4n) is 2.50. The van der Waals surface area contributed by atoms with E-state index in [1.165, 1.54) is 0 Å². The van der Waals surface area contributed by atoms with Gasteiger partial charge in [-0.1, -0.05) is 45.4 Å². The number of nitrogens with zero attached hydrogens (tertiary/aromatic N) is 1. The van der Waals surface area contributed by atoms with E-state index in [1.807, 2.05) is 12.1 Å². The van der Waals surface area contributed by atoms with Crippen molar-refractivity contribution in [1.29, 1.82) is 0 Å². The molecule has 1 rings (SSSR count). The maximum absolute atomic E-state index is 13.9. The zero-order valence-corrected chi connectivity index (χ0v) is 13.5. The van der Waals surface area contributed by atoms with Gasteiger partial charge in [-0.2, -0.15) is 0 Å². The van der Waals surface area contributed by atoms with E-state index in [0.717, 1.165) is 24.9 Å². The number of likely N-dealkylation sites (N-methyl/N-ethyl adjacent to an activating group) is 1. The fourth-order valence-corrected chi connectivity index (χ4v) is 2.50. The predicted octanol–water partition coefficient (Wildman–Crippen LogP) is 3.99. The molecule has 0 amide bonds. The maximum atomic E-state index is 13.9. The predicted molar refractivity (Wildman–Crippen MR) is 84.4 cm³/mol. The van der Waals surface area contributed by atoms with Gasteiger partial charge in [0.05, 0.1) is 0 Å². The van der Waals surface area contributed by atoms with Crippen molar-refractivity contribution in [2.24, 2.45) is 0 Å². The highest BCUT2D eigenvalue weighted by molar-refractivity contribution is 5.20. The molecule has 0 saturated carbocycles. The Morgan fingerprint density at radius 1 is 1.20 bits per heavy atom. The van der Waals surface area contributed by atoms with Crippen molar-refractivity contribution in [3.8, 4) is 0 Å². The summed E-state index contributed by atoms with van der Waals surface area (Å²) < 4.78 is 13.9. The minimum Gasteiger partial charge on any atom is -0.313 e. The van der Waals surface area contributed by atoms with E-state index < -0.39 is 0 Å². The topological polar surface area (TPSA) is 15.3 Å². The Kier molecular flexibility index (Phi) is 7.17. The van der Waals surface area contributed by atoms with Crippen molar-refractivity contribution in [3.05, 3.63) is 35.6 Å². The lowest BCUT2D eigenvalue weighted by molar-refractivity contribution is 0.166. The van der Waals surface area contributed by atoms with Crippen molar-refractivity contribution < 1.29 is 4.39 Å². The molecule has 114 valence electrons. The van der Waals surface area contributed by atoms with Gasteiger partial charge in [0.15, 0.2) is 0 Å². The molecule has 0 bridgehead atoms. The highest BCUT2D eigenvalue weighted by Crippen LogP contribution is 2.24. The fraction of sp³-hybridized carbons (Fsp3) is 0.647. The van der Waals surface area contributed by atoms with Gasteiger partial charge in [-0.3, -0.25) is 4.90 Å². The average Bonchev–Trinajstić information content (AvgIpc) is 2.42. The van der Waals surface area contributed by atoms with Crippen molar-refractivity contribution in [2.75, 3.05) is 13.6 Å². The van der Waals surface area contributed by atoms with Crippen LogP contribution in [0.3, 0.4) is 0 Å². The minimum atomic E-state index is -0.112. The van der Waals surface area contributed by atoms with Crippen molar-refractivity contribution in [1.82, 2.24) is 10.2 Å². The lowest BCUT2D eigenvalue weighted by Gasteiger charge is -2.34. The Morgan fingerprint density at radius 3 is 2.40 bits per heavy atom. The van der Waals surface area contributed by atoms with Gasteiger partial charge < -0.3 is 5.32 Å². The van der Waals surface area contributed by atoms with E-state index >= 15 is 0 Å². The van der Waals surface area contributed by atoms with Crippen molar-refractivity contribution in [2.45, 2.75) is 58.7 Å². The molecular weight excluding hydrogens is 251 g/mol. The van der Waals surface area contributed by atoms with Crippen LogP contribution in [0.5, 0.6) is 0 Å².